The lowest BCUT2D eigenvalue weighted by Gasteiger charge is -2.08. The van der Waals surface area contributed by atoms with E-state index in [0.717, 1.165) is 12.1 Å². The molecule has 25 heavy (non-hydrogen) atoms. The van der Waals surface area contributed by atoms with Crippen LogP contribution in [0.2, 0.25) is 0 Å². The number of amides is 3. The first-order chi connectivity index (χ1) is 11.8. The Balaban J connectivity index is 1.87. The lowest BCUT2D eigenvalue weighted by atomic mass is 10.2. The van der Waals surface area contributed by atoms with Crippen LogP contribution in [0.15, 0.2) is 42.5 Å². The van der Waals surface area contributed by atoms with Crippen molar-refractivity contribution in [2.45, 2.75) is 13.3 Å². The number of hydrogen-bond acceptors (Lipinski definition) is 3. The Hall–Kier alpha value is -3.29. The van der Waals surface area contributed by atoms with Gasteiger partial charge in [0.25, 0.3) is 0 Å². The van der Waals surface area contributed by atoms with E-state index in [4.69, 9.17) is 0 Å². The van der Waals surface area contributed by atoms with Gasteiger partial charge in [0.2, 0.25) is 17.7 Å². The van der Waals surface area contributed by atoms with Crippen LogP contribution in [0.3, 0.4) is 0 Å². The Morgan fingerprint density at radius 1 is 0.760 bits per heavy atom. The molecule has 0 heterocycles. The number of nitrogens with one attached hydrogen (secondary N) is 3. The summed E-state index contributed by atoms with van der Waals surface area (Å²) >= 11 is 0. The standard InChI is InChI=1S/C17H15F2N3O3/c1-10(23)20-11-2-4-12(5-3-11)21-16(24)9-17(25)22-13-6-7-14(18)15(19)8-13/h2-8H,9H2,1H3,(H,20,23)(H,21,24)(H,22,25). The molecule has 8 heteroatoms. The highest BCUT2D eigenvalue weighted by Crippen LogP contribution is 2.15. The van der Waals surface area contributed by atoms with Gasteiger partial charge < -0.3 is 16.0 Å². The van der Waals surface area contributed by atoms with Crippen LogP contribution in [0.5, 0.6) is 0 Å². The van der Waals surface area contributed by atoms with Crippen molar-refractivity contribution in [1.29, 1.82) is 0 Å². The summed E-state index contributed by atoms with van der Waals surface area (Å²) in [5.74, 6) is -3.59. The number of carbonyl (C=O) groups excluding carboxylic acids is 3. The Morgan fingerprint density at radius 3 is 1.76 bits per heavy atom. The molecule has 2 aromatic rings. The molecule has 0 unspecified atom stereocenters. The number of halogens is 2. The Kier molecular flexibility index (Phi) is 5.78. The minimum absolute atomic E-state index is 0.0522. The van der Waals surface area contributed by atoms with E-state index in [-0.39, 0.29) is 11.6 Å². The molecule has 2 aromatic carbocycles. The molecule has 0 spiro atoms. The predicted molar refractivity (Wildman–Crippen MR) is 89.0 cm³/mol. The molecule has 0 atom stereocenters. The number of benzene rings is 2. The lowest BCUT2D eigenvalue weighted by Crippen LogP contribution is -2.21. The zero-order chi connectivity index (χ0) is 18.4. The average molecular weight is 347 g/mol. The van der Waals surface area contributed by atoms with E-state index in [1.807, 2.05) is 0 Å². The Bertz CT molecular complexity index is 807. The van der Waals surface area contributed by atoms with Crippen molar-refractivity contribution in [3.63, 3.8) is 0 Å². The highest BCUT2D eigenvalue weighted by Gasteiger charge is 2.11. The first-order valence-electron chi connectivity index (χ1n) is 7.26. The van der Waals surface area contributed by atoms with Crippen molar-refractivity contribution in [3.05, 3.63) is 54.1 Å². The largest absolute Gasteiger partial charge is 0.326 e. The van der Waals surface area contributed by atoms with Crippen LogP contribution >= 0.6 is 0 Å². The lowest BCUT2D eigenvalue weighted by molar-refractivity contribution is -0.123. The quantitative estimate of drug-likeness (QED) is 0.727. The second-order valence-corrected chi connectivity index (χ2v) is 5.16. The summed E-state index contributed by atoms with van der Waals surface area (Å²) in [6.45, 7) is 1.38. The van der Waals surface area contributed by atoms with Crippen molar-refractivity contribution in [2.24, 2.45) is 0 Å². The third kappa shape index (κ3) is 5.69. The molecular weight excluding hydrogens is 332 g/mol. The second-order valence-electron chi connectivity index (χ2n) is 5.16. The van der Waals surface area contributed by atoms with Crippen LogP contribution in [0.1, 0.15) is 13.3 Å². The monoisotopic (exact) mass is 347 g/mol. The molecule has 3 amide bonds. The molecule has 3 N–H and O–H groups in total. The Morgan fingerprint density at radius 2 is 1.24 bits per heavy atom. The zero-order valence-corrected chi connectivity index (χ0v) is 13.2. The molecule has 0 aliphatic heterocycles. The number of anilines is 3. The molecule has 6 nitrogen and oxygen atoms in total. The third-order valence-corrected chi connectivity index (χ3v) is 3.01. The van der Waals surface area contributed by atoms with Gasteiger partial charge in [0.05, 0.1) is 0 Å². The van der Waals surface area contributed by atoms with Gasteiger partial charge in [-0.05, 0) is 36.4 Å². The van der Waals surface area contributed by atoms with Crippen molar-refractivity contribution in [1.82, 2.24) is 0 Å². The van der Waals surface area contributed by atoms with Crippen LogP contribution in [-0.4, -0.2) is 17.7 Å². The first kappa shape index (κ1) is 18.1. The fraction of sp³-hybridized carbons (Fsp3) is 0.118. The van der Waals surface area contributed by atoms with Gasteiger partial charge in [0.1, 0.15) is 6.42 Å². The van der Waals surface area contributed by atoms with E-state index in [9.17, 15) is 23.2 Å². The van der Waals surface area contributed by atoms with Crippen molar-refractivity contribution < 1.29 is 23.2 Å². The van der Waals surface area contributed by atoms with E-state index < -0.39 is 29.9 Å². The molecule has 0 aromatic heterocycles. The highest BCUT2D eigenvalue weighted by atomic mass is 19.2. The first-order valence-corrected chi connectivity index (χ1v) is 7.26. The van der Waals surface area contributed by atoms with Crippen molar-refractivity contribution in [2.75, 3.05) is 16.0 Å². The molecule has 0 aliphatic carbocycles. The molecule has 0 saturated heterocycles. The topological polar surface area (TPSA) is 87.3 Å². The normalized spacial score (nSPS) is 10.0. The molecule has 0 fully saturated rings. The summed E-state index contributed by atoms with van der Waals surface area (Å²) < 4.78 is 25.9. The fourth-order valence-corrected chi connectivity index (χ4v) is 1.97. The van der Waals surface area contributed by atoms with Crippen molar-refractivity contribution >= 4 is 34.8 Å². The Labute approximate surface area is 142 Å². The maximum Gasteiger partial charge on any atom is 0.233 e. The molecule has 0 saturated carbocycles. The van der Waals surface area contributed by atoms with E-state index >= 15 is 0 Å². The van der Waals surface area contributed by atoms with Gasteiger partial charge in [-0.15, -0.1) is 0 Å². The molecular formula is C17H15F2N3O3. The molecule has 0 bridgehead atoms. The summed E-state index contributed by atoms with van der Waals surface area (Å²) in [6, 6.07) is 9.21. The van der Waals surface area contributed by atoms with Crippen LogP contribution in [0.4, 0.5) is 25.8 Å². The third-order valence-electron chi connectivity index (χ3n) is 3.01. The minimum atomic E-state index is -1.10. The van der Waals surface area contributed by atoms with E-state index in [2.05, 4.69) is 16.0 Å². The SMILES string of the molecule is CC(=O)Nc1ccc(NC(=O)CC(=O)Nc2ccc(F)c(F)c2)cc1. The highest BCUT2D eigenvalue weighted by molar-refractivity contribution is 6.08. The van der Waals surface area contributed by atoms with E-state index in [0.29, 0.717) is 11.4 Å². The minimum Gasteiger partial charge on any atom is -0.326 e. The maximum absolute atomic E-state index is 13.1. The maximum atomic E-state index is 13.1. The molecule has 2 rings (SSSR count). The number of hydrogen-bond donors (Lipinski definition) is 3. The fourth-order valence-electron chi connectivity index (χ4n) is 1.97. The van der Waals surface area contributed by atoms with E-state index in [1.54, 1.807) is 24.3 Å². The van der Waals surface area contributed by atoms with Crippen LogP contribution < -0.4 is 16.0 Å². The zero-order valence-electron chi connectivity index (χ0n) is 13.2. The van der Waals surface area contributed by atoms with Crippen LogP contribution in [0.25, 0.3) is 0 Å². The van der Waals surface area contributed by atoms with Gasteiger partial charge >= 0.3 is 0 Å². The van der Waals surface area contributed by atoms with Gasteiger partial charge in [-0.1, -0.05) is 0 Å². The number of carbonyl (C=O) groups is 3. The van der Waals surface area contributed by atoms with Crippen LogP contribution in [0, 0.1) is 11.6 Å². The average Bonchev–Trinajstić information content (AvgIpc) is 2.52. The van der Waals surface area contributed by atoms with Gasteiger partial charge in [0, 0.05) is 30.1 Å². The van der Waals surface area contributed by atoms with Gasteiger partial charge in [-0.25, -0.2) is 8.78 Å². The molecule has 0 radical (unpaired) electrons. The van der Waals surface area contributed by atoms with Gasteiger partial charge in [-0.2, -0.15) is 0 Å². The van der Waals surface area contributed by atoms with Gasteiger partial charge in [-0.3, -0.25) is 14.4 Å². The van der Waals surface area contributed by atoms with Crippen LogP contribution in [-0.2, 0) is 14.4 Å². The molecule has 0 aliphatic rings. The summed E-state index contributed by atoms with van der Waals surface area (Å²) in [7, 11) is 0. The summed E-state index contributed by atoms with van der Waals surface area (Å²) in [5.41, 5.74) is 1.07. The smallest absolute Gasteiger partial charge is 0.233 e. The summed E-state index contributed by atoms with van der Waals surface area (Å²) in [5, 5.41) is 7.40. The van der Waals surface area contributed by atoms with Crippen molar-refractivity contribution in [3.8, 4) is 0 Å². The summed E-state index contributed by atoms with van der Waals surface area (Å²) in [6.07, 6.45) is -0.494. The molecule has 130 valence electrons. The summed E-state index contributed by atoms with van der Waals surface area (Å²) in [4.78, 5) is 34.5. The van der Waals surface area contributed by atoms with Gasteiger partial charge in [0.15, 0.2) is 11.6 Å². The number of rotatable bonds is 5. The predicted octanol–water partition coefficient (Wildman–Crippen LogP) is 2.89. The second kappa shape index (κ2) is 8.00. The van der Waals surface area contributed by atoms with E-state index in [1.165, 1.54) is 13.0 Å².